The molecule has 0 fully saturated rings. The highest BCUT2D eigenvalue weighted by Gasteiger charge is 2.36. The Hall–Kier alpha value is -4.41. The zero-order valence-electron chi connectivity index (χ0n) is 15.4. The molecule has 0 aliphatic carbocycles. The van der Waals surface area contributed by atoms with E-state index in [9.17, 15) is 19.7 Å². The van der Waals surface area contributed by atoms with Crippen LogP contribution in [0.2, 0.25) is 0 Å². The Balaban J connectivity index is 1.41. The summed E-state index contributed by atoms with van der Waals surface area (Å²) in [5, 5.41) is 18.6. The molecule has 4 rings (SSSR count). The third-order valence-electron chi connectivity index (χ3n) is 4.51. The second kappa shape index (κ2) is 7.91. The number of amidine groups is 1. The van der Waals surface area contributed by atoms with Crippen LogP contribution < -0.4 is 10.9 Å². The van der Waals surface area contributed by atoms with E-state index in [4.69, 9.17) is 0 Å². The van der Waals surface area contributed by atoms with Gasteiger partial charge in [-0.1, -0.05) is 12.1 Å². The third-order valence-corrected chi connectivity index (χ3v) is 4.51. The van der Waals surface area contributed by atoms with Crippen molar-refractivity contribution >= 4 is 41.6 Å². The number of hydrazone groups is 2. The molecule has 2 amide bonds. The van der Waals surface area contributed by atoms with Crippen molar-refractivity contribution in [3.63, 3.8) is 0 Å². The van der Waals surface area contributed by atoms with Crippen LogP contribution >= 0.6 is 0 Å². The van der Waals surface area contributed by atoms with Gasteiger partial charge in [-0.25, -0.2) is 15.8 Å². The lowest BCUT2D eigenvalue weighted by molar-refractivity contribution is -0.384. The number of fused-ring (bicyclic) bond motifs is 3. The molecule has 0 saturated heterocycles. The second-order valence-electron chi connectivity index (χ2n) is 6.44. The fourth-order valence-electron chi connectivity index (χ4n) is 3.02. The Morgan fingerprint density at radius 1 is 1.27 bits per heavy atom. The Morgan fingerprint density at radius 3 is 2.80 bits per heavy atom. The zero-order chi connectivity index (χ0) is 21.1. The summed E-state index contributed by atoms with van der Waals surface area (Å²) in [4.78, 5) is 40.6. The van der Waals surface area contributed by atoms with E-state index in [1.54, 1.807) is 4.90 Å². The smallest absolute Gasteiger partial charge is 0.269 e. The van der Waals surface area contributed by atoms with Crippen molar-refractivity contribution in [2.45, 2.75) is 12.5 Å². The van der Waals surface area contributed by atoms with E-state index in [1.807, 2.05) is 24.3 Å². The molecule has 1 atom stereocenters. The Morgan fingerprint density at radius 2 is 2.03 bits per heavy atom. The van der Waals surface area contributed by atoms with Crippen molar-refractivity contribution in [2.75, 3.05) is 0 Å². The molecule has 1 unspecified atom stereocenters. The number of hydrogen-bond donors (Lipinski definition) is 2. The van der Waals surface area contributed by atoms with Crippen LogP contribution in [0.4, 0.5) is 11.4 Å². The summed E-state index contributed by atoms with van der Waals surface area (Å²) in [6, 6.07) is 12.2. The average molecular weight is 405 g/mol. The van der Waals surface area contributed by atoms with Gasteiger partial charge in [0.25, 0.3) is 11.6 Å². The average Bonchev–Trinajstić information content (AvgIpc) is 2.75. The van der Waals surface area contributed by atoms with Gasteiger partial charge in [0.1, 0.15) is 6.04 Å². The van der Waals surface area contributed by atoms with E-state index in [1.165, 1.54) is 36.8 Å². The number of carbonyl (C=O) groups excluding carboxylic acids is 2. The highest BCUT2D eigenvalue weighted by atomic mass is 16.6. The molecular formula is C19H15N7O4. The molecule has 2 aliphatic rings. The number of nitro groups is 1. The standard InChI is InChI=1S/C19H15N7O4/c27-17(22-21-10-12-5-7-13(8-6-12)26(29)30)9-16-19(28)24-23-18-14-3-1-2-4-15(14)20-11-25(16)18/h1-8,10-11,16H,9H2,(H,22,27)(H,24,28). The van der Waals surface area contributed by atoms with Crippen LogP contribution in [0.5, 0.6) is 0 Å². The zero-order valence-corrected chi connectivity index (χ0v) is 15.4. The number of benzene rings is 2. The maximum absolute atomic E-state index is 12.3. The predicted molar refractivity (Wildman–Crippen MR) is 108 cm³/mol. The molecule has 2 N–H and O–H groups in total. The maximum Gasteiger partial charge on any atom is 0.269 e. The fourth-order valence-corrected chi connectivity index (χ4v) is 3.02. The lowest BCUT2D eigenvalue weighted by atomic mass is 10.1. The van der Waals surface area contributed by atoms with E-state index >= 15 is 0 Å². The van der Waals surface area contributed by atoms with Crippen LogP contribution in [0.1, 0.15) is 17.5 Å². The number of amides is 2. The van der Waals surface area contributed by atoms with Crippen molar-refractivity contribution in [1.29, 1.82) is 0 Å². The van der Waals surface area contributed by atoms with Gasteiger partial charge >= 0.3 is 0 Å². The molecule has 2 heterocycles. The summed E-state index contributed by atoms with van der Waals surface area (Å²) in [5.41, 5.74) is 6.81. The first-order valence-electron chi connectivity index (χ1n) is 8.89. The van der Waals surface area contributed by atoms with Crippen molar-refractivity contribution < 1.29 is 14.5 Å². The predicted octanol–water partition coefficient (Wildman–Crippen LogP) is 1.27. The van der Waals surface area contributed by atoms with Gasteiger partial charge in [0.15, 0.2) is 5.84 Å². The summed E-state index contributed by atoms with van der Waals surface area (Å²) < 4.78 is 0. The van der Waals surface area contributed by atoms with Gasteiger partial charge in [0.05, 0.1) is 29.6 Å². The monoisotopic (exact) mass is 405 g/mol. The molecule has 2 aromatic rings. The molecule has 11 nitrogen and oxygen atoms in total. The third kappa shape index (κ3) is 3.76. The largest absolute Gasteiger partial charge is 0.302 e. The number of carbonyl (C=O) groups is 2. The molecule has 2 aliphatic heterocycles. The molecule has 11 heteroatoms. The first kappa shape index (κ1) is 18.9. The Labute approximate surface area is 169 Å². The van der Waals surface area contributed by atoms with Gasteiger partial charge in [0.2, 0.25) is 5.91 Å². The van der Waals surface area contributed by atoms with E-state index < -0.39 is 22.8 Å². The van der Waals surface area contributed by atoms with E-state index in [0.717, 1.165) is 11.3 Å². The highest BCUT2D eigenvalue weighted by molar-refractivity contribution is 6.14. The van der Waals surface area contributed by atoms with Gasteiger partial charge in [-0.05, 0) is 29.8 Å². The SMILES string of the molecule is O=C(CC1C(=O)NN=C2c3ccccc3N=CN21)NN=Cc1ccc([N+](=O)[O-])cc1. The van der Waals surface area contributed by atoms with Crippen molar-refractivity contribution in [2.24, 2.45) is 15.2 Å². The Kier molecular flexibility index (Phi) is 4.99. The van der Waals surface area contributed by atoms with Gasteiger partial charge in [-0.15, -0.1) is 0 Å². The Bertz CT molecular complexity index is 1110. The number of nitrogens with zero attached hydrogens (tertiary/aromatic N) is 5. The van der Waals surface area contributed by atoms with Crippen LogP contribution in [0.3, 0.4) is 0 Å². The second-order valence-corrected chi connectivity index (χ2v) is 6.44. The lowest BCUT2D eigenvalue weighted by Crippen LogP contribution is -2.55. The minimum atomic E-state index is -0.829. The summed E-state index contributed by atoms with van der Waals surface area (Å²) in [6.45, 7) is 0. The topological polar surface area (TPSA) is 142 Å². The lowest BCUT2D eigenvalue weighted by Gasteiger charge is -2.34. The summed E-state index contributed by atoms with van der Waals surface area (Å²) >= 11 is 0. The maximum atomic E-state index is 12.3. The molecule has 2 aromatic carbocycles. The number of nitro benzene ring substituents is 1. The number of nitrogens with one attached hydrogen (secondary N) is 2. The number of hydrogen-bond acceptors (Lipinski definition) is 8. The first-order chi connectivity index (χ1) is 14.5. The fraction of sp³-hybridized carbons (Fsp3) is 0.105. The van der Waals surface area contributed by atoms with Gasteiger partial charge < -0.3 is 4.90 Å². The van der Waals surface area contributed by atoms with E-state index in [0.29, 0.717) is 11.4 Å². The van der Waals surface area contributed by atoms with Crippen molar-refractivity contribution in [3.8, 4) is 0 Å². The minimum Gasteiger partial charge on any atom is -0.302 e. The number of para-hydroxylation sites is 1. The van der Waals surface area contributed by atoms with Crippen LogP contribution in [0.15, 0.2) is 63.7 Å². The first-order valence-corrected chi connectivity index (χ1v) is 8.89. The summed E-state index contributed by atoms with van der Waals surface area (Å²) in [5.74, 6) is -0.409. The van der Waals surface area contributed by atoms with Crippen LogP contribution in [0, 0.1) is 10.1 Å². The molecular weight excluding hydrogens is 390 g/mol. The van der Waals surface area contributed by atoms with Crippen LogP contribution in [0.25, 0.3) is 0 Å². The summed E-state index contributed by atoms with van der Waals surface area (Å²) in [7, 11) is 0. The van der Waals surface area contributed by atoms with Crippen molar-refractivity contribution in [3.05, 3.63) is 69.8 Å². The molecule has 0 spiro atoms. The summed E-state index contributed by atoms with van der Waals surface area (Å²) in [6.07, 6.45) is 2.67. The molecule has 0 radical (unpaired) electrons. The molecule has 0 saturated carbocycles. The van der Waals surface area contributed by atoms with Crippen molar-refractivity contribution in [1.82, 2.24) is 15.8 Å². The number of non-ortho nitro benzene ring substituents is 1. The van der Waals surface area contributed by atoms with Crippen LogP contribution in [-0.2, 0) is 9.59 Å². The quantitative estimate of drug-likeness (QED) is 0.438. The molecule has 150 valence electrons. The number of aliphatic imine (C=N–C) groups is 1. The normalized spacial score (nSPS) is 17.1. The van der Waals surface area contributed by atoms with Crippen LogP contribution in [-0.4, -0.2) is 46.1 Å². The van der Waals surface area contributed by atoms with Gasteiger partial charge in [-0.3, -0.25) is 19.7 Å². The van der Waals surface area contributed by atoms with Gasteiger partial charge in [-0.2, -0.15) is 10.2 Å². The van der Waals surface area contributed by atoms with E-state index in [2.05, 4.69) is 26.0 Å². The molecule has 30 heavy (non-hydrogen) atoms. The van der Waals surface area contributed by atoms with Gasteiger partial charge in [0, 0.05) is 17.7 Å². The number of rotatable bonds is 5. The molecule has 0 aromatic heterocycles. The highest BCUT2D eigenvalue weighted by Crippen LogP contribution is 2.27. The molecule has 0 bridgehead atoms. The minimum absolute atomic E-state index is 0.0401. The van der Waals surface area contributed by atoms with E-state index in [-0.39, 0.29) is 12.1 Å².